The number of aryl methyl sites for hydroxylation is 2. The largest absolute Gasteiger partial charge is 0.449 e. The van der Waals surface area contributed by atoms with Crippen molar-refractivity contribution in [3.8, 4) is 0 Å². The lowest BCUT2D eigenvalue weighted by molar-refractivity contribution is -0.123. The summed E-state index contributed by atoms with van der Waals surface area (Å²) in [6, 6.07) is 13.4. The molecule has 0 saturated carbocycles. The van der Waals surface area contributed by atoms with E-state index in [-0.39, 0.29) is 5.82 Å². The zero-order valence-electron chi connectivity index (χ0n) is 16.4. The quantitative estimate of drug-likeness (QED) is 0.659. The Hall–Kier alpha value is -3.35. The topological polar surface area (TPSA) is 86.4 Å². The van der Waals surface area contributed by atoms with Crippen LogP contribution in [0.2, 0.25) is 0 Å². The Balaban J connectivity index is 1.68. The zero-order valence-corrected chi connectivity index (χ0v) is 16.4. The van der Waals surface area contributed by atoms with Gasteiger partial charge in [-0.05, 0) is 39.3 Å². The van der Waals surface area contributed by atoms with Gasteiger partial charge in [0.1, 0.15) is 5.76 Å². The second-order valence-electron chi connectivity index (χ2n) is 6.72. The van der Waals surface area contributed by atoms with Gasteiger partial charge < -0.3 is 19.1 Å². The van der Waals surface area contributed by atoms with Gasteiger partial charge in [-0.1, -0.05) is 35.5 Å². The lowest BCUT2D eigenvalue weighted by Crippen LogP contribution is -2.30. The molecule has 2 aromatic heterocycles. The summed E-state index contributed by atoms with van der Waals surface area (Å²) in [6.07, 6.45) is -0.971. The number of aromatic nitrogens is 2. The van der Waals surface area contributed by atoms with Crippen LogP contribution in [0.15, 0.2) is 47.0 Å². The summed E-state index contributed by atoms with van der Waals surface area (Å²) >= 11 is 0. The van der Waals surface area contributed by atoms with Crippen molar-refractivity contribution < 1.29 is 18.8 Å². The third-order valence-electron chi connectivity index (χ3n) is 4.51. The molecule has 1 aromatic carbocycles. The molecule has 1 amide bonds. The van der Waals surface area contributed by atoms with Crippen LogP contribution in [-0.2, 0) is 16.1 Å². The minimum absolute atomic E-state index is 0.284. The van der Waals surface area contributed by atoms with E-state index in [4.69, 9.17) is 9.26 Å². The smallest absolute Gasteiger partial charge is 0.340 e. The fourth-order valence-electron chi connectivity index (χ4n) is 2.95. The summed E-state index contributed by atoms with van der Waals surface area (Å²) in [5.41, 5.74) is 3.33. The minimum atomic E-state index is -0.971. The first kappa shape index (κ1) is 19.4. The van der Waals surface area contributed by atoms with E-state index < -0.39 is 18.0 Å². The van der Waals surface area contributed by atoms with E-state index in [1.165, 1.54) is 6.92 Å². The predicted molar refractivity (Wildman–Crippen MR) is 104 cm³/mol. The van der Waals surface area contributed by atoms with Gasteiger partial charge in [-0.25, -0.2) is 4.79 Å². The predicted octanol–water partition coefficient (Wildman–Crippen LogP) is 3.63. The third-order valence-corrected chi connectivity index (χ3v) is 4.51. The fraction of sp³-hybridized carbons (Fsp3) is 0.286. The maximum atomic E-state index is 12.6. The maximum absolute atomic E-state index is 12.6. The van der Waals surface area contributed by atoms with E-state index in [0.29, 0.717) is 17.9 Å². The Bertz CT molecular complexity index is 989. The highest BCUT2D eigenvalue weighted by atomic mass is 16.5. The molecule has 3 aromatic rings. The lowest BCUT2D eigenvalue weighted by atomic mass is 10.2. The molecule has 1 N–H and O–H groups in total. The molecule has 0 aliphatic rings. The Labute approximate surface area is 163 Å². The first-order valence-corrected chi connectivity index (χ1v) is 9.01. The molecule has 7 heteroatoms. The van der Waals surface area contributed by atoms with Crippen molar-refractivity contribution in [3.05, 3.63) is 70.7 Å². The van der Waals surface area contributed by atoms with Gasteiger partial charge in [0, 0.05) is 24.0 Å². The summed E-state index contributed by atoms with van der Waals surface area (Å²) in [4.78, 5) is 24.8. The number of rotatable bonds is 6. The Morgan fingerprint density at radius 2 is 1.89 bits per heavy atom. The second kappa shape index (κ2) is 8.12. The number of anilines is 1. The number of nitrogens with zero attached hydrogens (tertiary/aromatic N) is 2. The van der Waals surface area contributed by atoms with Gasteiger partial charge >= 0.3 is 5.97 Å². The van der Waals surface area contributed by atoms with Crippen LogP contribution in [0.4, 0.5) is 5.82 Å². The summed E-state index contributed by atoms with van der Waals surface area (Å²) in [5.74, 6) is -0.150. The van der Waals surface area contributed by atoms with Gasteiger partial charge in [-0.3, -0.25) is 4.79 Å². The molecule has 0 bridgehead atoms. The molecule has 0 aliphatic heterocycles. The number of esters is 1. The van der Waals surface area contributed by atoms with Gasteiger partial charge in [-0.2, -0.15) is 0 Å². The Morgan fingerprint density at radius 1 is 1.18 bits per heavy atom. The third kappa shape index (κ3) is 4.31. The van der Waals surface area contributed by atoms with Crippen LogP contribution in [0.3, 0.4) is 0 Å². The van der Waals surface area contributed by atoms with E-state index >= 15 is 0 Å². The van der Waals surface area contributed by atoms with Crippen LogP contribution in [0, 0.1) is 20.8 Å². The van der Waals surface area contributed by atoms with Crippen LogP contribution in [-0.4, -0.2) is 27.7 Å². The first-order chi connectivity index (χ1) is 13.3. The van der Waals surface area contributed by atoms with E-state index in [2.05, 4.69) is 15.0 Å². The van der Waals surface area contributed by atoms with Crippen molar-refractivity contribution in [2.24, 2.45) is 0 Å². The summed E-state index contributed by atoms with van der Waals surface area (Å²) in [6.45, 7) is 7.71. The molecule has 2 heterocycles. The zero-order chi connectivity index (χ0) is 20.3. The summed E-state index contributed by atoms with van der Waals surface area (Å²) in [5, 5.41) is 6.25. The van der Waals surface area contributed by atoms with Crippen molar-refractivity contribution >= 4 is 17.7 Å². The first-order valence-electron chi connectivity index (χ1n) is 9.01. The molecule has 0 unspecified atom stereocenters. The number of ether oxygens (including phenoxy) is 1. The average Bonchev–Trinajstić information content (AvgIpc) is 3.20. The number of benzene rings is 1. The highest BCUT2D eigenvalue weighted by Gasteiger charge is 2.23. The molecule has 0 radical (unpaired) electrons. The number of carbonyl (C=O) groups excluding carboxylic acids is 2. The monoisotopic (exact) mass is 381 g/mol. The number of hydrogen-bond acceptors (Lipinski definition) is 5. The lowest BCUT2D eigenvalue weighted by Gasteiger charge is -2.13. The van der Waals surface area contributed by atoms with E-state index in [1.54, 1.807) is 19.1 Å². The van der Waals surface area contributed by atoms with E-state index in [0.717, 1.165) is 17.0 Å². The van der Waals surface area contributed by atoms with Crippen LogP contribution >= 0.6 is 0 Å². The van der Waals surface area contributed by atoms with Gasteiger partial charge in [0.15, 0.2) is 11.9 Å². The number of hydrogen-bond donors (Lipinski definition) is 1. The van der Waals surface area contributed by atoms with Gasteiger partial charge in [0.2, 0.25) is 0 Å². The van der Waals surface area contributed by atoms with Crippen molar-refractivity contribution in [3.63, 3.8) is 0 Å². The molecule has 0 fully saturated rings. The van der Waals surface area contributed by atoms with Crippen molar-refractivity contribution in [2.45, 2.75) is 40.3 Å². The molecule has 7 nitrogen and oxygen atoms in total. The number of carbonyl (C=O) groups is 2. The summed E-state index contributed by atoms with van der Waals surface area (Å²) < 4.78 is 12.3. The van der Waals surface area contributed by atoms with Gasteiger partial charge in [0.25, 0.3) is 5.91 Å². The van der Waals surface area contributed by atoms with Crippen LogP contribution in [0.1, 0.15) is 40.0 Å². The van der Waals surface area contributed by atoms with Gasteiger partial charge in [0.05, 0.1) is 5.56 Å². The molecule has 146 valence electrons. The van der Waals surface area contributed by atoms with E-state index in [1.807, 2.05) is 44.2 Å². The SMILES string of the molecule is Cc1cc(NC(=O)[C@@H](C)OC(=O)c2cc(C)n(Cc3ccccc3)c2C)no1. The minimum Gasteiger partial charge on any atom is -0.449 e. The van der Waals surface area contributed by atoms with Gasteiger partial charge in [-0.15, -0.1) is 0 Å². The molecule has 0 aliphatic carbocycles. The maximum Gasteiger partial charge on any atom is 0.340 e. The number of nitrogens with one attached hydrogen (secondary N) is 1. The second-order valence-corrected chi connectivity index (χ2v) is 6.72. The molecule has 1 atom stereocenters. The highest BCUT2D eigenvalue weighted by Crippen LogP contribution is 2.19. The molecular formula is C21H23N3O4. The molecule has 28 heavy (non-hydrogen) atoms. The van der Waals surface area contributed by atoms with Crippen LogP contribution in [0.5, 0.6) is 0 Å². The standard InChI is InChI=1S/C21H23N3O4/c1-13-10-18(15(3)24(13)12-17-8-6-5-7-9-17)21(26)27-16(4)20(25)22-19-11-14(2)28-23-19/h5-11,16H,12H2,1-4H3,(H,22,23,25)/t16-/m1/s1. The highest BCUT2D eigenvalue weighted by molar-refractivity contribution is 5.97. The van der Waals surface area contributed by atoms with Crippen molar-refractivity contribution in [1.29, 1.82) is 0 Å². The Kier molecular flexibility index (Phi) is 5.63. The molecule has 0 spiro atoms. The van der Waals surface area contributed by atoms with Crippen molar-refractivity contribution in [2.75, 3.05) is 5.32 Å². The molecule has 0 saturated heterocycles. The Morgan fingerprint density at radius 3 is 2.54 bits per heavy atom. The van der Waals surface area contributed by atoms with Crippen LogP contribution in [0.25, 0.3) is 0 Å². The number of amides is 1. The summed E-state index contributed by atoms with van der Waals surface area (Å²) in [7, 11) is 0. The van der Waals surface area contributed by atoms with E-state index in [9.17, 15) is 9.59 Å². The molecular weight excluding hydrogens is 358 g/mol. The fourth-order valence-corrected chi connectivity index (χ4v) is 2.95. The van der Waals surface area contributed by atoms with Crippen molar-refractivity contribution in [1.82, 2.24) is 9.72 Å². The molecule has 3 rings (SSSR count). The normalized spacial score (nSPS) is 11.9. The van der Waals surface area contributed by atoms with Crippen LogP contribution < -0.4 is 5.32 Å². The average molecular weight is 381 g/mol.